The first-order valence-corrected chi connectivity index (χ1v) is 17.3. The molecule has 12 nitrogen and oxygen atoms in total. The second-order valence-corrected chi connectivity index (χ2v) is 14.0. The van der Waals surface area contributed by atoms with Crippen molar-refractivity contribution in [3.63, 3.8) is 0 Å². The fourth-order valence-electron chi connectivity index (χ4n) is 9.09. The first-order valence-electron chi connectivity index (χ1n) is 17.3. The quantitative estimate of drug-likeness (QED) is 0.145. The Labute approximate surface area is 303 Å². The average Bonchev–Trinajstić information content (AvgIpc) is 3.53. The summed E-state index contributed by atoms with van der Waals surface area (Å²) < 4.78 is 5.51. The predicted octanol–water partition coefficient (Wildman–Crippen LogP) is 5.30. The highest BCUT2D eigenvalue weighted by Crippen LogP contribution is 2.64. The Morgan fingerprint density at radius 2 is 1.58 bits per heavy atom. The number of fused-ring (bicyclic) bond motifs is 4. The first kappa shape index (κ1) is 33.7. The number of hydrogen-bond donors (Lipinski definition) is 4. The summed E-state index contributed by atoms with van der Waals surface area (Å²) >= 11 is 0. The van der Waals surface area contributed by atoms with Gasteiger partial charge in [-0.05, 0) is 73.2 Å². The Hall–Kier alpha value is -6.43. The third-order valence-corrected chi connectivity index (χ3v) is 11.4. The van der Waals surface area contributed by atoms with E-state index in [0.29, 0.717) is 22.4 Å². The molecule has 4 aromatic rings. The molecule has 0 aromatic heterocycles. The summed E-state index contributed by atoms with van der Waals surface area (Å²) in [5.41, 5.74) is 4.63. The Bertz CT molecular complexity index is 2250. The van der Waals surface area contributed by atoms with Gasteiger partial charge in [0.1, 0.15) is 11.3 Å². The van der Waals surface area contributed by atoms with Gasteiger partial charge in [0, 0.05) is 12.0 Å². The van der Waals surface area contributed by atoms with Gasteiger partial charge in [0.25, 0.3) is 11.8 Å². The number of aryl methyl sites for hydroxylation is 1. The lowest BCUT2D eigenvalue weighted by Gasteiger charge is -2.50. The number of nitrogens with zero attached hydrogens (tertiary/aromatic N) is 2. The van der Waals surface area contributed by atoms with Crippen LogP contribution in [-0.4, -0.2) is 57.0 Å². The number of carbonyl (C=O) groups is 5. The molecule has 2 aliphatic heterocycles. The Balaban J connectivity index is 1.30. The zero-order valence-corrected chi connectivity index (χ0v) is 28.7. The molecule has 0 spiro atoms. The molecule has 0 radical (unpaired) electrons. The van der Waals surface area contributed by atoms with E-state index in [1.165, 1.54) is 19.2 Å². The van der Waals surface area contributed by atoms with Crippen LogP contribution in [0.1, 0.15) is 45.8 Å². The molecule has 3 fully saturated rings. The average molecular weight is 714 g/mol. The van der Waals surface area contributed by atoms with Crippen LogP contribution in [-0.2, 0) is 24.6 Å². The maximum Gasteiger partial charge on any atom is 0.339 e. The molecule has 1 saturated carbocycles. The molecule has 6 atom stereocenters. The smallest absolute Gasteiger partial charge is 0.339 e. The van der Waals surface area contributed by atoms with Crippen LogP contribution >= 0.6 is 0 Å². The van der Waals surface area contributed by atoms with Gasteiger partial charge in [-0.15, -0.1) is 0 Å². The zero-order valence-electron chi connectivity index (χ0n) is 28.7. The number of hydrogen-bond acceptors (Lipinski definition) is 9. The number of methoxy groups -OCH3 is 1. The van der Waals surface area contributed by atoms with Gasteiger partial charge in [-0.1, -0.05) is 65.7 Å². The number of ether oxygens (including phenoxy) is 1. The molecule has 4 aliphatic rings. The molecule has 4 N–H and O–H groups in total. The van der Waals surface area contributed by atoms with Crippen molar-refractivity contribution < 1.29 is 44.0 Å². The minimum atomic E-state index is -1.50. The van der Waals surface area contributed by atoms with Crippen LogP contribution in [0, 0.1) is 30.6 Å². The maximum atomic E-state index is 15.3. The fraction of sp³-hybridized carbons (Fsp3) is 0.244. The Kier molecular flexibility index (Phi) is 7.86. The number of carboxylic acid groups (broad SMARTS) is 1. The lowest BCUT2D eigenvalue weighted by Crippen LogP contribution is -2.53. The van der Waals surface area contributed by atoms with E-state index >= 15 is 4.79 Å². The van der Waals surface area contributed by atoms with Crippen LogP contribution in [0.4, 0.5) is 11.4 Å². The third kappa shape index (κ3) is 4.92. The van der Waals surface area contributed by atoms with Gasteiger partial charge in [-0.2, -0.15) is 5.01 Å². The molecular formula is C41H35N3O9. The molecular weight excluding hydrogens is 678 g/mol. The normalized spacial score (nSPS) is 26.2. The van der Waals surface area contributed by atoms with Crippen molar-refractivity contribution in [3.8, 4) is 17.2 Å². The zero-order chi connectivity index (χ0) is 37.3. The van der Waals surface area contributed by atoms with Crippen molar-refractivity contribution in [2.24, 2.45) is 23.7 Å². The summed E-state index contributed by atoms with van der Waals surface area (Å²) in [4.78, 5) is 71.1. The van der Waals surface area contributed by atoms with Crippen molar-refractivity contribution in [1.29, 1.82) is 0 Å². The van der Waals surface area contributed by atoms with E-state index in [1.54, 1.807) is 24.3 Å². The Morgan fingerprint density at radius 1 is 0.849 bits per heavy atom. The number of rotatable bonds is 7. The summed E-state index contributed by atoms with van der Waals surface area (Å²) in [5.74, 6) is -8.13. The number of nitrogens with one attached hydrogen (secondary N) is 1. The number of hydrazine groups is 1. The van der Waals surface area contributed by atoms with Gasteiger partial charge in [0.05, 0.1) is 41.7 Å². The Morgan fingerprint density at radius 3 is 2.26 bits per heavy atom. The van der Waals surface area contributed by atoms with Crippen molar-refractivity contribution in [1.82, 2.24) is 5.01 Å². The second kappa shape index (κ2) is 12.4. The van der Waals surface area contributed by atoms with Gasteiger partial charge in [0.15, 0.2) is 11.5 Å². The predicted molar refractivity (Wildman–Crippen MR) is 191 cm³/mol. The van der Waals surface area contributed by atoms with Crippen molar-refractivity contribution in [3.05, 3.63) is 125 Å². The summed E-state index contributed by atoms with van der Waals surface area (Å²) in [7, 11) is 1.42. The molecule has 8 rings (SSSR count). The van der Waals surface area contributed by atoms with Crippen molar-refractivity contribution in [2.75, 3.05) is 17.4 Å². The van der Waals surface area contributed by atoms with Gasteiger partial charge in [0.2, 0.25) is 11.8 Å². The van der Waals surface area contributed by atoms with E-state index < -0.39 is 70.4 Å². The van der Waals surface area contributed by atoms with Gasteiger partial charge in [-0.25, -0.2) is 9.69 Å². The largest absolute Gasteiger partial charge is 0.507 e. The summed E-state index contributed by atoms with van der Waals surface area (Å²) in [5, 5.41) is 31.6. The fourth-order valence-corrected chi connectivity index (χ4v) is 9.09. The molecule has 2 heterocycles. The number of amides is 4. The lowest BCUT2D eigenvalue weighted by atomic mass is 9.49. The molecule has 2 saturated heterocycles. The monoisotopic (exact) mass is 713 g/mol. The molecule has 268 valence electrons. The van der Waals surface area contributed by atoms with E-state index in [4.69, 9.17) is 4.74 Å². The number of aromatic hydroxyl groups is 2. The van der Waals surface area contributed by atoms with Crippen LogP contribution in [0.2, 0.25) is 0 Å². The number of aromatic carboxylic acids is 1. The van der Waals surface area contributed by atoms with Gasteiger partial charge in [-0.3, -0.25) is 24.6 Å². The van der Waals surface area contributed by atoms with Crippen LogP contribution in [0.3, 0.4) is 0 Å². The molecule has 4 amide bonds. The van der Waals surface area contributed by atoms with Crippen molar-refractivity contribution >= 4 is 41.0 Å². The van der Waals surface area contributed by atoms with E-state index in [9.17, 15) is 34.5 Å². The molecule has 0 unspecified atom stereocenters. The van der Waals surface area contributed by atoms with E-state index in [0.717, 1.165) is 27.6 Å². The highest BCUT2D eigenvalue weighted by molar-refractivity contribution is 6.23. The highest BCUT2D eigenvalue weighted by Gasteiger charge is 2.70. The first-order chi connectivity index (χ1) is 25.5. The minimum Gasteiger partial charge on any atom is -0.507 e. The van der Waals surface area contributed by atoms with Crippen LogP contribution in [0.15, 0.2) is 103 Å². The van der Waals surface area contributed by atoms with E-state index in [2.05, 4.69) is 5.43 Å². The summed E-state index contributed by atoms with van der Waals surface area (Å²) in [6.45, 7) is 1.93. The standard InChI is InChI=1S/C41H35N3O9/c1-21-8-11-24(12-9-21)42-44-37(48)30-20-29-26(15-16-28-34(29)38(49)43(36(28)47)25-13-14-27(39(50)51)32(46)19-25)35(22-10-17-31(45)33(18-22)53-2)41(30,40(44)52)23-6-4-3-5-7-23/h3-15,17-19,28-30,34-35,42,45-46H,16,20H2,1-2H3,(H,50,51)/t28-,29+,30-,34-,35-,41+/m0/s1. The second-order valence-electron chi connectivity index (χ2n) is 14.0. The van der Waals surface area contributed by atoms with Crippen molar-refractivity contribution in [2.45, 2.75) is 31.1 Å². The van der Waals surface area contributed by atoms with E-state index in [-0.39, 0.29) is 35.6 Å². The molecule has 12 heteroatoms. The molecule has 0 bridgehead atoms. The number of allylic oxidation sites excluding steroid dienone is 2. The van der Waals surface area contributed by atoms with Crippen LogP contribution < -0.4 is 15.1 Å². The number of carboxylic acids is 1. The maximum absolute atomic E-state index is 15.3. The van der Waals surface area contributed by atoms with Gasteiger partial charge >= 0.3 is 5.97 Å². The number of carbonyl (C=O) groups excluding carboxylic acids is 4. The summed E-state index contributed by atoms with van der Waals surface area (Å²) in [6.07, 6.45) is 2.13. The van der Waals surface area contributed by atoms with Gasteiger partial charge < -0.3 is 20.1 Å². The van der Waals surface area contributed by atoms with Crippen LogP contribution in [0.25, 0.3) is 0 Å². The third-order valence-electron chi connectivity index (χ3n) is 11.4. The van der Waals surface area contributed by atoms with Crippen LogP contribution in [0.5, 0.6) is 17.2 Å². The minimum absolute atomic E-state index is 0.0355. The molecule has 4 aromatic carbocycles. The number of phenols is 2. The lowest BCUT2D eigenvalue weighted by molar-refractivity contribution is -0.138. The number of imide groups is 2. The molecule has 53 heavy (non-hydrogen) atoms. The SMILES string of the molecule is COc1cc([C@H]2C3=CC[C@@H]4C(=O)N(c5ccc(C(=O)O)c(O)c5)C(=O)[C@@H]4[C@@H]3C[C@H]3C(=O)N(Nc4ccc(C)cc4)C(=O)[C@@]23c2ccccc2)ccc1O. The summed E-state index contributed by atoms with van der Waals surface area (Å²) in [6, 6.07) is 24.7. The number of anilines is 2. The number of benzene rings is 4. The number of phenolic OH excluding ortho intramolecular Hbond substituents is 1. The van der Waals surface area contributed by atoms with E-state index in [1.807, 2.05) is 55.5 Å². The topological polar surface area (TPSA) is 174 Å². The molecule has 2 aliphatic carbocycles. The highest BCUT2D eigenvalue weighted by atomic mass is 16.5.